The standard InChI is InChI=1S/C18H23N3O4/c1-2-6-12(18(24)25)11-19-16(22)10-5-9-15-20-14-8-4-3-7-13(14)17(23)21-15/h3-4,7-8,12H,2,5-6,9-11H2,1H3,(H,19,22)(H,24,25)(H,20,21,23). The fourth-order valence-corrected chi connectivity index (χ4v) is 2.66. The number of para-hydroxylation sites is 1. The number of carboxylic acid groups (broad SMARTS) is 1. The molecule has 0 spiro atoms. The maximum absolute atomic E-state index is 12.0. The molecule has 3 N–H and O–H groups in total. The van der Waals surface area contributed by atoms with E-state index in [1.54, 1.807) is 18.2 Å². The molecule has 1 unspecified atom stereocenters. The Bertz CT molecular complexity index is 800. The lowest BCUT2D eigenvalue weighted by molar-refractivity contribution is -0.141. The summed E-state index contributed by atoms with van der Waals surface area (Å²) in [7, 11) is 0. The van der Waals surface area contributed by atoms with Gasteiger partial charge in [-0.2, -0.15) is 0 Å². The van der Waals surface area contributed by atoms with Gasteiger partial charge in [0.05, 0.1) is 16.8 Å². The number of aromatic nitrogens is 2. The number of carbonyl (C=O) groups is 2. The highest BCUT2D eigenvalue weighted by Gasteiger charge is 2.17. The predicted octanol–water partition coefficient (Wildman–Crippen LogP) is 1.86. The van der Waals surface area contributed by atoms with Crippen LogP contribution < -0.4 is 10.9 Å². The van der Waals surface area contributed by atoms with Crippen molar-refractivity contribution in [3.63, 3.8) is 0 Å². The number of benzene rings is 1. The van der Waals surface area contributed by atoms with Crippen LogP contribution in [0.1, 0.15) is 38.4 Å². The molecular formula is C18H23N3O4. The van der Waals surface area contributed by atoms with E-state index < -0.39 is 11.9 Å². The Morgan fingerprint density at radius 2 is 2.08 bits per heavy atom. The minimum atomic E-state index is -0.889. The van der Waals surface area contributed by atoms with Gasteiger partial charge >= 0.3 is 5.97 Å². The van der Waals surface area contributed by atoms with Crippen LogP contribution >= 0.6 is 0 Å². The number of rotatable bonds is 9. The molecule has 1 atom stereocenters. The van der Waals surface area contributed by atoms with Crippen LogP contribution in [0.5, 0.6) is 0 Å². The van der Waals surface area contributed by atoms with E-state index in [0.717, 1.165) is 6.42 Å². The van der Waals surface area contributed by atoms with Crippen molar-refractivity contribution in [1.29, 1.82) is 0 Å². The van der Waals surface area contributed by atoms with Crippen molar-refractivity contribution in [2.24, 2.45) is 5.92 Å². The van der Waals surface area contributed by atoms with E-state index >= 15 is 0 Å². The number of aromatic amines is 1. The lowest BCUT2D eigenvalue weighted by Gasteiger charge is -2.12. The van der Waals surface area contributed by atoms with Crippen LogP contribution in [-0.4, -0.2) is 33.5 Å². The number of carboxylic acids is 1. The number of carbonyl (C=O) groups excluding carboxylic acids is 1. The number of amides is 1. The molecule has 0 aliphatic rings. The SMILES string of the molecule is CCCC(CNC(=O)CCCc1nc2ccccc2c(=O)[nH]1)C(=O)O. The van der Waals surface area contributed by atoms with Crippen LogP contribution in [0.15, 0.2) is 29.1 Å². The topological polar surface area (TPSA) is 112 Å². The summed E-state index contributed by atoms with van der Waals surface area (Å²) >= 11 is 0. The van der Waals surface area contributed by atoms with Gasteiger partial charge in [0, 0.05) is 19.4 Å². The number of H-pyrrole nitrogens is 1. The van der Waals surface area contributed by atoms with Gasteiger partial charge in [-0.15, -0.1) is 0 Å². The normalized spacial score (nSPS) is 12.0. The zero-order valence-electron chi connectivity index (χ0n) is 14.2. The predicted molar refractivity (Wildman–Crippen MR) is 94.3 cm³/mol. The average molecular weight is 345 g/mol. The van der Waals surface area contributed by atoms with Gasteiger partial charge in [-0.3, -0.25) is 14.4 Å². The van der Waals surface area contributed by atoms with Crippen LogP contribution in [0.4, 0.5) is 0 Å². The number of nitrogens with one attached hydrogen (secondary N) is 2. The summed E-state index contributed by atoms with van der Waals surface area (Å²) in [6, 6.07) is 7.10. The Morgan fingerprint density at radius 1 is 1.32 bits per heavy atom. The highest BCUT2D eigenvalue weighted by Crippen LogP contribution is 2.08. The van der Waals surface area contributed by atoms with E-state index in [-0.39, 0.29) is 24.4 Å². The van der Waals surface area contributed by atoms with Crippen molar-refractivity contribution < 1.29 is 14.7 Å². The molecule has 1 aromatic heterocycles. The molecule has 1 heterocycles. The van der Waals surface area contributed by atoms with Gasteiger partial charge in [0.2, 0.25) is 5.91 Å². The Morgan fingerprint density at radius 3 is 2.80 bits per heavy atom. The Hall–Kier alpha value is -2.70. The molecule has 1 amide bonds. The van der Waals surface area contributed by atoms with Gasteiger partial charge in [-0.25, -0.2) is 4.98 Å². The third kappa shape index (κ3) is 5.41. The molecule has 0 radical (unpaired) electrons. The van der Waals surface area contributed by atoms with Crippen LogP contribution in [0.25, 0.3) is 10.9 Å². The van der Waals surface area contributed by atoms with Crippen molar-refractivity contribution in [2.75, 3.05) is 6.54 Å². The maximum Gasteiger partial charge on any atom is 0.308 e. The molecule has 0 aliphatic carbocycles. The second kappa shape index (κ2) is 8.96. The van der Waals surface area contributed by atoms with Crippen molar-refractivity contribution in [2.45, 2.75) is 39.0 Å². The number of aryl methyl sites for hydroxylation is 1. The van der Waals surface area contributed by atoms with E-state index in [4.69, 9.17) is 5.11 Å². The molecule has 0 fully saturated rings. The van der Waals surface area contributed by atoms with E-state index in [1.165, 1.54) is 0 Å². The summed E-state index contributed by atoms with van der Waals surface area (Å²) in [5, 5.41) is 12.3. The summed E-state index contributed by atoms with van der Waals surface area (Å²) in [4.78, 5) is 42.0. The lowest BCUT2D eigenvalue weighted by Crippen LogP contribution is -2.32. The minimum Gasteiger partial charge on any atom is -0.481 e. The molecule has 2 aromatic rings. The van der Waals surface area contributed by atoms with Crippen molar-refractivity contribution in [1.82, 2.24) is 15.3 Å². The number of hydrogen-bond donors (Lipinski definition) is 3. The first kappa shape index (κ1) is 18.6. The van der Waals surface area contributed by atoms with Gasteiger partial charge in [0.25, 0.3) is 5.56 Å². The molecule has 0 saturated carbocycles. The highest BCUT2D eigenvalue weighted by molar-refractivity contribution is 5.78. The molecule has 1 aromatic carbocycles. The van der Waals surface area contributed by atoms with E-state index in [9.17, 15) is 14.4 Å². The maximum atomic E-state index is 12.0. The summed E-state index contributed by atoms with van der Waals surface area (Å²) in [6.45, 7) is 2.06. The van der Waals surface area contributed by atoms with Gasteiger partial charge in [-0.1, -0.05) is 25.5 Å². The first-order chi connectivity index (χ1) is 12.0. The van der Waals surface area contributed by atoms with Crippen LogP contribution in [0, 0.1) is 5.92 Å². The Labute approximate surface area is 145 Å². The minimum absolute atomic E-state index is 0.146. The van der Waals surface area contributed by atoms with Gasteiger partial charge in [0.1, 0.15) is 5.82 Å². The Balaban J connectivity index is 1.83. The molecule has 0 saturated heterocycles. The molecule has 7 nitrogen and oxygen atoms in total. The highest BCUT2D eigenvalue weighted by atomic mass is 16.4. The zero-order chi connectivity index (χ0) is 18.2. The van der Waals surface area contributed by atoms with E-state index in [0.29, 0.717) is 36.0 Å². The molecule has 25 heavy (non-hydrogen) atoms. The van der Waals surface area contributed by atoms with Crippen molar-refractivity contribution in [3.05, 3.63) is 40.4 Å². The third-order valence-corrected chi connectivity index (χ3v) is 4.01. The van der Waals surface area contributed by atoms with Crippen LogP contribution in [0.2, 0.25) is 0 Å². The number of aliphatic carboxylic acids is 1. The van der Waals surface area contributed by atoms with Crippen molar-refractivity contribution >= 4 is 22.8 Å². The molecule has 7 heteroatoms. The van der Waals surface area contributed by atoms with E-state index in [2.05, 4.69) is 15.3 Å². The fourth-order valence-electron chi connectivity index (χ4n) is 2.66. The number of hydrogen-bond acceptors (Lipinski definition) is 4. The summed E-state index contributed by atoms with van der Waals surface area (Å²) in [5.41, 5.74) is 0.448. The molecule has 134 valence electrons. The molecule has 0 aliphatic heterocycles. The van der Waals surface area contributed by atoms with Crippen molar-refractivity contribution in [3.8, 4) is 0 Å². The zero-order valence-corrected chi connectivity index (χ0v) is 14.2. The first-order valence-electron chi connectivity index (χ1n) is 8.48. The molecule has 2 rings (SSSR count). The van der Waals surface area contributed by atoms with Crippen LogP contribution in [-0.2, 0) is 16.0 Å². The summed E-state index contributed by atoms with van der Waals surface area (Å²) < 4.78 is 0. The Kier molecular flexibility index (Phi) is 6.68. The van der Waals surface area contributed by atoms with Crippen LogP contribution in [0.3, 0.4) is 0 Å². The van der Waals surface area contributed by atoms with E-state index in [1.807, 2.05) is 13.0 Å². The number of nitrogens with zero attached hydrogens (tertiary/aromatic N) is 1. The third-order valence-electron chi connectivity index (χ3n) is 4.01. The second-order valence-corrected chi connectivity index (χ2v) is 6.01. The molecule has 0 bridgehead atoms. The fraction of sp³-hybridized carbons (Fsp3) is 0.444. The number of fused-ring (bicyclic) bond motifs is 1. The van der Waals surface area contributed by atoms with Gasteiger partial charge in [0.15, 0.2) is 0 Å². The molecular weight excluding hydrogens is 322 g/mol. The summed E-state index contributed by atoms with van der Waals surface area (Å²) in [5.74, 6) is -1.08. The quantitative estimate of drug-likeness (QED) is 0.642. The first-order valence-corrected chi connectivity index (χ1v) is 8.48. The summed E-state index contributed by atoms with van der Waals surface area (Å²) in [6.07, 6.45) is 2.56. The second-order valence-electron chi connectivity index (χ2n) is 6.01. The van der Waals surface area contributed by atoms with Gasteiger partial charge in [-0.05, 0) is 25.0 Å². The van der Waals surface area contributed by atoms with Gasteiger partial charge < -0.3 is 15.4 Å². The largest absolute Gasteiger partial charge is 0.481 e. The lowest BCUT2D eigenvalue weighted by atomic mass is 10.0. The smallest absolute Gasteiger partial charge is 0.308 e. The monoisotopic (exact) mass is 345 g/mol. The average Bonchev–Trinajstić information content (AvgIpc) is 2.58.